The molecule has 23 heavy (non-hydrogen) atoms. The van der Waals surface area contributed by atoms with Gasteiger partial charge in [0.1, 0.15) is 5.75 Å². The number of nitrogens with one attached hydrogen (secondary N) is 2. The molecule has 1 aromatic heterocycles. The Morgan fingerprint density at radius 3 is 2.78 bits per heavy atom. The van der Waals surface area contributed by atoms with Crippen LogP contribution in [0.5, 0.6) is 5.75 Å². The number of hydrogen-bond acceptors (Lipinski definition) is 2. The Kier molecular flexibility index (Phi) is 4.46. The highest BCUT2D eigenvalue weighted by atomic mass is 35.5. The molecule has 0 saturated carbocycles. The number of fused-ring (bicyclic) bond motifs is 1. The second-order valence-electron chi connectivity index (χ2n) is 5.08. The molecule has 0 aliphatic heterocycles. The van der Waals surface area contributed by atoms with Gasteiger partial charge in [0.25, 0.3) is 0 Å². The molecule has 0 unspecified atom stereocenters. The van der Waals surface area contributed by atoms with Crippen molar-refractivity contribution in [3.63, 3.8) is 0 Å². The first-order chi connectivity index (χ1) is 11.1. The number of carbonyl (C=O) groups is 1. The molecule has 0 aliphatic carbocycles. The zero-order valence-corrected chi connectivity index (χ0v) is 13.8. The maximum atomic E-state index is 12.2. The molecular formula is C17H14Cl2N2O2. The molecule has 0 saturated heterocycles. The molecule has 2 aromatic carbocycles. The molecule has 4 nitrogen and oxygen atoms in total. The lowest BCUT2D eigenvalue weighted by atomic mass is 10.1. The molecule has 0 spiro atoms. The Morgan fingerprint density at radius 2 is 2.04 bits per heavy atom. The number of benzene rings is 2. The minimum Gasteiger partial charge on any atom is -0.495 e. The van der Waals surface area contributed by atoms with Gasteiger partial charge in [-0.1, -0.05) is 23.2 Å². The van der Waals surface area contributed by atoms with Gasteiger partial charge in [-0.25, -0.2) is 0 Å². The predicted molar refractivity (Wildman–Crippen MR) is 93.6 cm³/mol. The number of hydrogen-bond donors (Lipinski definition) is 2. The van der Waals surface area contributed by atoms with Gasteiger partial charge in [0.05, 0.1) is 18.6 Å². The van der Waals surface area contributed by atoms with Crippen LogP contribution in [0, 0.1) is 0 Å². The summed E-state index contributed by atoms with van der Waals surface area (Å²) < 4.78 is 5.09. The van der Waals surface area contributed by atoms with Gasteiger partial charge in [-0.3, -0.25) is 4.79 Å². The van der Waals surface area contributed by atoms with Crippen molar-refractivity contribution in [1.29, 1.82) is 0 Å². The highest BCUT2D eigenvalue weighted by Crippen LogP contribution is 2.27. The molecule has 118 valence electrons. The lowest BCUT2D eigenvalue weighted by Crippen LogP contribution is -2.14. The van der Waals surface area contributed by atoms with Crippen molar-refractivity contribution in [1.82, 2.24) is 4.98 Å². The fourth-order valence-corrected chi connectivity index (χ4v) is 2.85. The summed E-state index contributed by atoms with van der Waals surface area (Å²) in [5.41, 5.74) is 2.46. The van der Waals surface area contributed by atoms with Crippen LogP contribution in [0.2, 0.25) is 10.0 Å². The second-order valence-corrected chi connectivity index (χ2v) is 5.92. The van der Waals surface area contributed by atoms with Crippen LogP contribution >= 0.6 is 23.2 Å². The van der Waals surface area contributed by atoms with E-state index in [1.807, 2.05) is 24.4 Å². The normalized spacial score (nSPS) is 10.7. The third-order valence-electron chi connectivity index (χ3n) is 3.52. The average molecular weight is 349 g/mol. The molecule has 1 heterocycles. The summed E-state index contributed by atoms with van der Waals surface area (Å²) in [6, 6.07) is 10.7. The van der Waals surface area contributed by atoms with Crippen LogP contribution in [0.15, 0.2) is 42.6 Å². The van der Waals surface area contributed by atoms with Crippen molar-refractivity contribution in [3.8, 4) is 5.75 Å². The Labute approximate surface area is 143 Å². The number of aromatic amines is 1. The first-order valence-corrected chi connectivity index (χ1v) is 7.71. The van der Waals surface area contributed by atoms with Crippen molar-refractivity contribution in [3.05, 3.63) is 58.2 Å². The zero-order valence-electron chi connectivity index (χ0n) is 12.3. The molecule has 1 amide bonds. The van der Waals surface area contributed by atoms with E-state index in [4.69, 9.17) is 27.9 Å². The third kappa shape index (κ3) is 3.44. The van der Waals surface area contributed by atoms with Crippen molar-refractivity contribution in [2.24, 2.45) is 0 Å². The van der Waals surface area contributed by atoms with Gasteiger partial charge >= 0.3 is 0 Å². The quantitative estimate of drug-likeness (QED) is 0.720. The van der Waals surface area contributed by atoms with E-state index >= 15 is 0 Å². The third-order valence-corrected chi connectivity index (χ3v) is 4.05. The summed E-state index contributed by atoms with van der Waals surface area (Å²) in [7, 11) is 1.54. The molecule has 0 atom stereocenters. The molecule has 2 N–H and O–H groups in total. The van der Waals surface area contributed by atoms with Crippen LogP contribution in [0.4, 0.5) is 5.69 Å². The summed E-state index contributed by atoms with van der Waals surface area (Å²) in [5, 5.41) is 4.86. The van der Waals surface area contributed by atoms with E-state index < -0.39 is 0 Å². The molecule has 3 aromatic rings. The van der Waals surface area contributed by atoms with Gasteiger partial charge in [0, 0.05) is 27.8 Å². The maximum Gasteiger partial charge on any atom is 0.228 e. The number of aromatic nitrogens is 1. The molecule has 0 radical (unpaired) electrons. The van der Waals surface area contributed by atoms with E-state index in [2.05, 4.69) is 10.3 Å². The van der Waals surface area contributed by atoms with Gasteiger partial charge in [0.15, 0.2) is 0 Å². The van der Waals surface area contributed by atoms with Crippen LogP contribution in [0.1, 0.15) is 5.56 Å². The largest absolute Gasteiger partial charge is 0.495 e. The lowest BCUT2D eigenvalue weighted by Gasteiger charge is -2.08. The maximum absolute atomic E-state index is 12.2. The minimum absolute atomic E-state index is 0.132. The topological polar surface area (TPSA) is 54.1 Å². The van der Waals surface area contributed by atoms with E-state index in [1.165, 1.54) is 0 Å². The molecule has 6 heteroatoms. The van der Waals surface area contributed by atoms with Crippen molar-refractivity contribution in [2.75, 3.05) is 12.4 Å². The molecule has 0 fully saturated rings. The smallest absolute Gasteiger partial charge is 0.228 e. The number of methoxy groups -OCH3 is 1. The number of carbonyl (C=O) groups excluding carboxylic acids is 1. The van der Waals surface area contributed by atoms with Gasteiger partial charge in [-0.2, -0.15) is 0 Å². The van der Waals surface area contributed by atoms with Crippen molar-refractivity contribution in [2.45, 2.75) is 6.42 Å². The van der Waals surface area contributed by atoms with E-state index in [9.17, 15) is 4.79 Å². The van der Waals surface area contributed by atoms with Gasteiger partial charge in [-0.15, -0.1) is 0 Å². The van der Waals surface area contributed by atoms with Crippen LogP contribution < -0.4 is 10.1 Å². The zero-order chi connectivity index (χ0) is 16.4. The molecule has 0 aliphatic rings. The Morgan fingerprint density at radius 1 is 1.22 bits per heavy atom. The fourth-order valence-electron chi connectivity index (χ4n) is 2.42. The minimum atomic E-state index is -0.132. The van der Waals surface area contributed by atoms with E-state index in [1.54, 1.807) is 25.3 Å². The summed E-state index contributed by atoms with van der Waals surface area (Å²) in [6.07, 6.45) is 2.06. The monoisotopic (exact) mass is 348 g/mol. The number of H-pyrrole nitrogens is 1. The summed E-state index contributed by atoms with van der Waals surface area (Å²) in [6.45, 7) is 0. The van der Waals surface area contributed by atoms with Crippen molar-refractivity contribution >= 4 is 45.7 Å². The first kappa shape index (κ1) is 15.7. The number of anilines is 1. The van der Waals surface area contributed by atoms with E-state index in [0.29, 0.717) is 21.5 Å². The highest BCUT2D eigenvalue weighted by molar-refractivity contribution is 6.32. The number of halogens is 2. The van der Waals surface area contributed by atoms with E-state index in [0.717, 1.165) is 16.5 Å². The number of ether oxygens (including phenoxy) is 1. The summed E-state index contributed by atoms with van der Waals surface area (Å²) in [5.74, 6) is 0.433. The van der Waals surface area contributed by atoms with Crippen LogP contribution in [-0.2, 0) is 11.2 Å². The number of rotatable bonds is 4. The van der Waals surface area contributed by atoms with Crippen LogP contribution in [-0.4, -0.2) is 18.0 Å². The predicted octanol–water partition coefficient (Wildman–Crippen LogP) is 4.66. The summed E-state index contributed by atoms with van der Waals surface area (Å²) in [4.78, 5) is 15.4. The standard InChI is InChI=1S/C17H14Cl2N2O2/c1-23-16-5-3-12(8-14(16)19)21-17(22)6-10-9-20-15-4-2-11(18)7-13(10)15/h2-5,7-9,20H,6H2,1H3,(H,21,22). The van der Waals surface area contributed by atoms with Crippen LogP contribution in [0.3, 0.4) is 0 Å². The molecular weight excluding hydrogens is 335 g/mol. The lowest BCUT2D eigenvalue weighted by molar-refractivity contribution is -0.115. The van der Waals surface area contributed by atoms with Gasteiger partial charge in [0.2, 0.25) is 5.91 Å². The van der Waals surface area contributed by atoms with Crippen LogP contribution in [0.25, 0.3) is 10.9 Å². The average Bonchev–Trinajstić information content (AvgIpc) is 2.89. The van der Waals surface area contributed by atoms with Gasteiger partial charge < -0.3 is 15.0 Å². The second kappa shape index (κ2) is 6.52. The van der Waals surface area contributed by atoms with Gasteiger partial charge in [-0.05, 0) is 42.0 Å². The molecule has 0 bridgehead atoms. The van der Waals surface area contributed by atoms with E-state index in [-0.39, 0.29) is 12.3 Å². The Balaban J connectivity index is 1.76. The Hall–Kier alpha value is -2.17. The Bertz CT molecular complexity index is 874. The highest BCUT2D eigenvalue weighted by Gasteiger charge is 2.10. The van der Waals surface area contributed by atoms with Crippen molar-refractivity contribution < 1.29 is 9.53 Å². The SMILES string of the molecule is COc1ccc(NC(=O)Cc2c[nH]c3ccc(Cl)cc23)cc1Cl. The number of amides is 1. The molecule has 3 rings (SSSR count). The summed E-state index contributed by atoms with van der Waals surface area (Å²) >= 11 is 12.1. The first-order valence-electron chi connectivity index (χ1n) is 6.95. The fraction of sp³-hybridized carbons (Fsp3) is 0.118.